The van der Waals surface area contributed by atoms with Gasteiger partial charge in [-0.15, -0.1) is 0 Å². The minimum absolute atomic E-state index is 0.316. The second-order valence-corrected chi connectivity index (χ2v) is 3.91. The number of hydrogen-bond acceptors (Lipinski definition) is 4. The van der Waals surface area contributed by atoms with Crippen molar-refractivity contribution < 1.29 is 0 Å². The van der Waals surface area contributed by atoms with E-state index in [1.165, 1.54) is 11.8 Å². The lowest BCUT2D eigenvalue weighted by Gasteiger charge is -1.96. The Labute approximate surface area is 91.1 Å². The highest BCUT2D eigenvalue weighted by atomic mass is 32.2. The van der Waals surface area contributed by atoms with E-state index in [-0.39, 0.29) is 0 Å². The van der Waals surface area contributed by atoms with Crippen molar-refractivity contribution in [1.82, 2.24) is 10.2 Å². The Bertz CT molecular complexity index is 498. The Kier molecular flexibility index (Phi) is 2.61. The third-order valence-corrected chi connectivity index (χ3v) is 2.83. The zero-order valence-electron chi connectivity index (χ0n) is 7.77. The van der Waals surface area contributed by atoms with Gasteiger partial charge in [-0.3, -0.25) is 5.10 Å². The smallest absolute Gasteiger partial charge is 0.143 e. The molecule has 1 heterocycles. The number of nitriles is 1. The predicted octanol–water partition coefficient (Wildman–Crippen LogP) is 2.01. The Hall–Kier alpha value is -1.93. The number of benzene rings is 1. The zero-order valence-corrected chi connectivity index (χ0v) is 8.58. The fraction of sp³-hybridized carbons (Fsp3) is 0. The molecule has 0 aliphatic carbocycles. The van der Waals surface area contributed by atoms with Crippen LogP contribution in [0.25, 0.3) is 0 Å². The molecule has 0 aliphatic heterocycles. The molecule has 0 fully saturated rings. The van der Waals surface area contributed by atoms with Gasteiger partial charge < -0.3 is 5.73 Å². The molecule has 0 radical (unpaired) electrons. The van der Waals surface area contributed by atoms with Gasteiger partial charge in [-0.1, -0.05) is 30.0 Å². The molecule has 0 saturated carbocycles. The summed E-state index contributed by atoms with van der Waals surface area (Å²) in [4.78, 5) is 1.03. The molecule has 74 valence electrons. The monoisotopic (exact) mass is 216 g/mol. The van der Waals surface area contributed by atoms with Crippen LogP contribution in [0.15, 0.2) is 40.3 Å². The third-order valence-electron chi connectivity index (χ3n) is 1.83. The second kappa shape index (κ2) is 4.07. The number of aromatic amines is 1. The highest BCUT2D eigenvalue weighted by Crippen LogP contribution is 2.30. The number of nitrogens with zero attached hydrogens (tertiary/aromatic N) is 2. The van der Waals surface area contributed by atoms with Gasteiger partial charge in [0.1, 0.15) is 22.5 Å². The van der Waals surface area contributed by atoms with Gasteiger partial charge in [-0.2, -0.15) is 10.4 Å². The van der Waals surface area contributed by atoms with Gasteiger partial charge in [0.2, 0.25) is 0 Å². The molecule has 0 aliphatic rings. The van der Waals surface area contributed by atoms with Gasteiger partial charge in [0.15, 0.2) is 0 Å². The Morgan fingerprint density at radius 1 is 1.33 bits per heavy atom. The maximum absolute atomic E-state index is 8.86. The first-order valence-corrected chi connectivity index (χ1v) is 5.09. The van der Waals surface area contributed by atoms with Crippen LogP contribution >= 0.6 is 11.8 Å². The average Bonchev–Trinajstić information content (AvgIpc) is 2.61. The highest BCUT2D eigenvalue weighted by Gasteiger charge is 2.11. The average molecular weight is 216 g/mol. The normalized spacial score (nSPS) is 9.80. The van der Waals surface area contributed by atoms with Gasteiger partial charge in [0.25, 0.3) is 0 Å². The summed E-state index contributed by atoms with van der Waals surface area (Å²) in [6.45, 7) is 0. The largest absolute Gasteiger partial charge is 0.383 e. The van der Waals surface area contributed by atoms with Crippen LogP contribution in [0, 0.1) is 11.3 Å². The number of anilines is 1. The summed E-state index contributed by atoms with van der Waals surface area (Å²) in [5.74, 6) is 0.316. The SMILES string of the molecule is N#Cc1c(Sc2ccccc2)n[nH]c1N. The first-order chi connectivity index (χ1) is 7.31. The first-order valence-electron chi connectivity index (χ1n) is 4.28. The second-order valence-electron chi connectivity index (χ2n) is 2.84. The van der Waals surface area contributed by atoms with Crippen molar-refractivity contribution in [3.63, 3.8) is 0 Å². The molecule has 3 N–H and O–H groups in total. The van der Waals surface area contributed by atoms with Crippen molar-refractivity contribution >= 4 is 17.6 Å². The van der Waals surface area contributed by atoms with Crippen LogP contribution in [0.4, 0.5) is 5.82 Å². The van der Waals surface area contributed by atoms with Gasteiger partial charge in [0, 0.05) is 4.90 Å². The fourth-order valence-electron chi connectivity index (χ4n) is 1.12. The summed E-state index contributed by atoms with van der Waals surface area (Å²) in [6.07, 6.45) is 0. The molecule has 2 aromatic rings. The molecule has 0 unspecified atom stereocenters. The van der Waals surface area contributed by atoms with Crippen LogP contribution in [0.2, 0.25) is 0 Å². The topological polar surface area (TPSA) is 78.5 Å². The van der Waals surface area contributed by atoms with E-state index in [2.05, 4.69) is 10.2 Å². The number of nitrogen functional groups attached to an aromatic ring is 1. The van der Waals surface area contributed by atoms with Gasteiger partial charge >= 0.3 is 0 Å². The van der Waals surface area contributed by atoms with E-state index in [1.807, 2.05) is 36.4 Å². The van der Waals surface area contributed by atoms with Crippen molar-refractivity contribution in [2.75, 3.05) is 5.73 Å². The Morgan fingerprint density at radius 2 is 2.07 bits per heavy atom. The van der Waals surface area contributed by atoms with Crippen molar-refractivity contribution in [3.05, 3.63) is 35.9 Å². The van der Waals surface area contributed by atoms with Crippen LogP contribution < -0.4 is 5.73 Å². The molecule has 2 rings (SSSR count). The molecule has 0 saturated heterocycles. The molecular formula is C10H8N4S. The van der Waals surface area contributed by atoms with Gasteiger partial charge in [-0.05, 0) is 12.1 Å². The number of nitrogens with one attached hydrogen (secondary N) is 1. The molecule has 1 aromatic heterocycles. The third kappa shape index (κ3) is 1.95. The standard InChI is InChI=1S/C10H8N4S/c11-6-8-9(12)13-14-10(8)15-7-4-2-1-3-5-7/h1-5H,(H3,12,13,14). The number of aromatic nitrogens is 2. The lowest BCUT2D eigenvalue weighted by molar-refractivity contribution is 1.00. The van der Waals surface area contributed by atoms with Crippen LogP contribution in [0.1, 0.15) is 5.56 Å². The lowest BCUT2D eigenvalue weighted by Crippen LogP contribution is -1.86. The summed E-state index contributed by atoms with van der Waals surface area (Å²) in [7, 11) is 0. The van der Waals surface area contributed by atoms with Crippen LogP contribution in [0.5, 0.6) is 0 Å². The minimum atomic E-state index is 0.316. The lowest BCUT2D eigenvalue weighted by atomic mass is 10.4. The summed E-state index contributed by atoms with van der Waals surface area (Å²) in [6, 6.07) is 11.7. The fourth-order valence-corrected chi connectivity index (χ4v) is 1.99. The summed E-state index contributed by atoms with van der Waals surface area (Å²) >= 11 is 1.41. The molecule has 15 heavy (non-hydrogen) atoms. The highest BCUT2D eigenvalue weighted by molar-refractivity contribution is 7.99. The Morgan fingerprint density at radius 3 is 2.73 bits per heavy atom. The van der Waals surface area contributed by atoms with E-state index in [0.29, 0.717) is 16.4 Å². The van der Waals surface area contributed by atoms with E-state index in [9.17, 15) is 0 Å². The molecule has 0 atom stereocenters. The molecule has 0 bridgehead atoms. The quantitative estimate of drug-likeness (QED) is 0.804. The van der Waals surface area contributed by atoms with Gasteiger partial charge in [-0.25, -0.2) is 0 Å². The van der Waals surface area contributed by atoms with Crippen LogP contribution in [-0.2, 0) is 0 Å². The molecular weight excluding hydrogens is 208 g/mol. The minimum Gasteiger partial charge on any atom is -0.383 e. The molecule has 4 nitrogen and oxygen atoms in total. The molecule has 0 amide bonds. The van der Waals surface area contributed by atoms with E-state index < -0.39 is 0 Å². The molecule has 5 heteroatoms. The molecule has 1 aromatic carbocycles. The number of nitrogens with two attached hydrogens (primary N) is 1. The van der Waals surface area contributed by atoms with Crippen LogP contribution in [0.3, 0.4) is 0 Å². The molecule has 0 spiro atoms. The summed E-state index contributed by atoms with van der Waals surface area (Å²) in [5, 5.41) is 16.0. The van der Waals surface area contributed by atoms with E-state index >= 15 is 0 Å². The number of hydrogen-bond donors (Lipinski definition) is 2. The van der Waals surface area contributed by atoms with Crippen molar-refractivity contribution in [2.24, 2.45) is 0 Å². The maximum atomic E-state index is 8.86. The van der Waals surface area contributed by atoms with E-state index in [0.717, 1.165) is 4.90 Å². The van der Waals surface area contributed by atoms with E-state index in [4.69, 9.17) is 11.0 Å². The van der Waals surface area contributed by atoms with Crippen LogP contribution in [-0.4, -0.2) is 10.2 Å². The summed E-state index contributed by atoms with van der Waals surface area (Å²) in [5.41, 5.74) is 5.96. The van der Waals surface area contributed by atoms with Crippen molar-refractivity contribution in [3.8, 4) is 6.07 Å². The predicted molar refractivity (Wildman–Crippen MR) is 58.3 cm³/mol. The zero-order chi connectivity index (χ0) is 10.7. The first kappa shape index (κ1) is 9.62. The maximum Gasteiger partial charge on any atom is 0.143 e. The van der Waals surface area contributed by atoms with Gasteiger partial charge in [0.05, 0.1) is 0 Å². The van der Waals surface area contributed by atoms with Crippen molar-refractivity contribution in [2.45, 2.75) is 9.92 Å². The van der Waals surface area contributed by atoms with E-state index in [1.54, 1.807) is 0 Å². The Balaban J connectivity index is 2.30. The number of H-pyrrole nitrogens is 1. The van der Waals surface area contributed by atoms with Crippen molar-refractivity contribution in [1.29, 1.82) is 5.26 Å². The number of rotatable bonds is 2. The summed E-state index contributed by atoms with van der Waals surface area (Å²) < 4.78 is 0.